The summed E-state index contributed by atoms with van der Waals surface area (Å²) in [5, 5.41) is 18.7. The van der Waals surface area contributed by atoms with Gasteiger partial charge in [0.2, 0.25) is 4.96 Å². The van der Waals surface area contributed by atoms with E-state index in [1.54, 1.807) is 18.7 Å². The number of benzene rings is 1. The van der Waals surface area contributed by atoms with Crippen LogP contribution >= 0.6 is 27.3 Å². The third kappa shape index (κ3) is 3.19. The van der Waals surface area contributed by atoms with Crippen LogP contribution in [0.2, 0.25) is 0 Å². The van der Waals surface area contributed by atoms with Gasteiger partial charge in [-0.3, -0.25) is 4.68 Å². The Kier molecular flexibility index (Phi) is 4.60. The van der Waals surface area contributed by atoms with Crippen molar-refractivity contribution in [1.29, 1.82) is 0 Å². The van der Waals surface area contributed by atoms with Gasteiger partial charge in [-0.15, -0.1) is 10.2 Å². The molecule has 0 saturated carbocycles. The first-order valence-electron chi connectivity index (χ1n) is 8.17. The van der Waals surface area contributed by atoms with Crippen molar-refractivity contribution < 1.29 is 9.47 Å². The Morgan fingerprint density at radius 3 is 2.37 bits per heavy atom. The molecule has 1 atom stereocenters. The van der Waals surface area contributed by atoms with E-state index in [-0.39, 0.29) is 6.04 Å². The van der Waals surface area contributed by atoms with Crippen LogP contribution in [0.3, 0.4) is 0 Å². The maximum absolute atomic E-state index is 5.35. The molecule has 0 aliphatic rings. The molecule has 0 saturated heterocycles. The maximum Gasteiger partial charge on any atom is 0.235 e. The second-order valence-electron chi connectivity index (χ2n) is 5.98. The molecule has 0 N–H and O–H groups in total. The van der Waals surface area contributed by atoms with Crippen LogP contribution in [0.1, 0.15) is 23.7 Å². The van der Waals surface area contributed by atoms with E-state index in [9.17, 15) is 0 Å². The molecule has 10 heteroatoms. The number of aromatic nitrogens is 6. The van der Waals surface area contributed by atoms with Gasteiger partial charge >= 0.3 is 0 Å². The maximum atomic E-state index is 5.35. The topological polar surface area (TPSA) is 79.4 Å². The molecule has 0 radical (unpaired) electrons. The third-order valence-corrected chi connectivity index (χ3v) is 6.07. The highest BCUT2D eigenvalue weighted by Crippen LogP contribution is 2.31. The molecule has 8 nitrogen and oxygen atoms in total. The fourth-order valence-corrected chi connectivity index (χ4v) is 3.86. The van der Waals surface area contributed by atoms with E-state index in [1.807, 2.05) is 36.0 Å². The zero-order chi connectivity index (χ0) is 19.1. The van der Waals surface area contributed by atoms with E-state index >= 15 is 0 Å². The van der Waals surface area contributed by atoms with Crippen LogP contribution in [-0.4, -0.2) is 43.8 Å². The Balaban J connectivity index is 1.76. The summed E-state index contributed by atoms with van der Waals surface area (Å²) in [5.74, 6) is 2.00. The Morgan fingerprint density at radius 1 is 1.07 bits per heavy atom. The van der Waals surface area contributed by atoms with Crippen LogP contribution in [0, 0.1) is 6.92 Å². The molecule has 0 unspecified atom stereocenters. The highest BCUT2D eigenvalue weighted by Gasteiger charge is 2.20. The standard InChI is InChI=1S/C17H17BrN6O2S/c1-9-14(18)8-23(21-9)10(2)16-22-24-15(19-20-17(24)27-16)11-5-12(25-3)7-13(6-11)26-4/h5-8,10H,1-4H3/t10-/m0/s1. The fourth-order valence-electron chi connectivity index (χ4n) is 2.69. The van der Waals surface area contributed by atoms with Gasteiger partial charge in [-0.05, 0) is 41.9 Å². The van der Waals surface area contributed by atoms with Crippen molar-refractivity contribution in [3.8, 4) is 22.9 Å². The lowest BCUT2D eigenvalue weighted by Gasteiger charge is -2.08. The second kappa shape index (κ2) is 6.93. The van der Waals surface area contributed by atoms with Gasteiger partial charge in [0.1, 0.15) is 22.5 Å². The van der Waals surface area contributed by atoms with Gasteiger partial charge in [0.15, 0.2) is 5.82 Å². The first-order valence-corrected chi connectivity index (χ1v) is 9.78. The van der Waals surface area contributed by atoms with Crippen LogP contribution in [0.5, 0.6) is 11.5 Å². The van der Waals surface area contributed by atoms with Crippen molar-refractivity contribution in [3.05, 3.63) is 39.6 Å². The number of halogens is 1. The van der Waals surface area contributed by atoms with Gasteiger partial charge in [0.25, 0.3) is 0 Å². The molecule has 0 aliphatic heterocycles. The number of methoxy groups -OCH3 is 2. The third-order valence-electron chi connectivity index (χ3n) is 4.23. The van der Waals surface area contributed by atoms with Crippen molar-refractivity contribution in [2.24, 2.45) is 0 Å². The predicted octanol–water partition coefficient (Wildman–Crippen LogP) is 3.75. The van der Waals surface area contributed by atoms with Gasteiger partial charge < -0.3 is 9.47 Å². The van der Waals surface area contributed by atoms with Gasteiger partial charge in [0.05, 0.1) is 24.4 Å². The zero-order valence-electron chi connectivity index (χ0n) is 15.2. The predicted molar refractivity (Wildman–Crippen MR) is 106 cm³/mol. The smallest absolute Gasteiger partial charge is 0.235 e. The molecule has 0 aliphatic carbocycles. The molecule has 0 amide bonds. The lowest BCUT2D eigenvalue weighted by atomic mass is 10.2. The minimum absolute atomic E-state index is 0.0191. The minimum atomic E-state index is -0.0191. The van der Waals surface area contributed by atoms with Gasteiger partial charge in [-0.1, -0.05) is 11.3 Å². The first-order chi connectivity index (χ1) is 13.0. The fraction of sp³-hybridized carbons (Fsp3) is 0.294. The van der Waals surface area contributed by atoms with Crippen LogP contribution in [0.4, 0.5) is 0 Å². The Hall–Kier alpha value is -2.46. The molecule has 4 rings (SSSR count). The van der Waals surface area contributed by atoms with Crippen LogP contribution in [0.15, 0.2) is 28.9 Å². The number of hydrogen-bond donors (Lipinski definition) is 0. The lowest BCUT2D eigenvalue weighted by molar-refractivity contribution is 0.394. The van der Waals surface area contributed by atoms with E-state index in [0.717, 1.165) is 25.7 Å². The Bertz CT molecular complexity index is 1080. The Labute approximate surface area is 167 Å². The average Bonchev–Trinajstić information content (AvgIpc) is 3.35. The molecule has 3 aromatic heterocycles. The summed E-state index contributed by atoms with van der Waals surface area (Å²) >= 11 is 4.99. The number of nitrogens with zero attached hydrogens (tertiary/aromatic N) is 6. The van der Waals surface area contributed by atoms with E-state index in [1.165, 1.54) is 11.3 Å². The number of aryl methyl sites for hydroxylation is 1. The summed E-state index contributed by atoms with van der Waals surface area (Å²) in [4.78, 5) is 0.719. The largest absolute Gasteiger partial charge is 0.497 e. The van der Waals surface area contributed by atoms with E-state index < -0.39 is 0 Å². The molecule has 4 aromatic rings. The van der Waals surface area contributed by atoms with Crippen molar-refractivity contribution >= 4 is 32.2 Å². The summed E-state index contributed by atoms with van der Waals surface area (Å²) in [6.07, 6.45) is 1.95. The number of fused-ring (bicyclic) bond motifs is 1. The highest BCUT2D eigenvalue weighted by atomic mass is 79.9. The van der Waals surface area contributed by atoms with Gasteiger partial charge in [-0.25, -0.2) is 0 Å². The molecule has 0 bridgehead atoms. The van der Waals surface area contributed by atoms with E-state index in [2.05, 4.69) is 38.1 Å². The van der Waals surface area contributed by atoms with Crippen LogP contribution in [0.25, 0.3) is 16.3 Å². The average molecular weight is 449 g/mol. The summed E-state index contributed by atoms with van der Waals surface area (Å²) in [6.45, 7) is 4.01. The molecule has 3 heterocycles. The first kappa shape index (κ1) is 17.9. The Morgan fingerprint density at radius 2 is 1.78 bits per heavy atom. The summed E-state index contributed by atoms with van der Waals surface area (Å²) < 4.78 is 15.3. The highest BCUT2D eigenvalue weighted by molar-refractivity contribution is 9.10. The van der Waals surface area contributed by atoms with E-state index in [4.69, 9.17) is 14.6 Å². The summed E-state index contributed by atoms with van der Waals surface area (Å²) in [6, 6.07) is 5.56. The second-order valence-corrected chi connectivity index (χ2v) is 7.82. The monoisotopic (exact) mass is 448 g/mol. The molecule has 0 spiro atoms. The molecule has 140 valence electrons. The minimum Gasteiger partial charge on any atom is -0.497 e. The van der Waals surface area contributed by atoms with Gasteiger partial charge in [-0.2, -0.15) is 14.7 Å². The number of hydrogen-bond acceptors (Lipinski definition) is 7. The van der Waals surface area contributed by atoms with Crippen molar-refractivity contribution in [1.82, 2.24) is 29.6 Å². The van der Waals surface area contributed by atoms with E-state index in [0.29, 0.717) is 17.3 Å². The number of rotatable bonds is 5. The van der Waals surface area contributed by atoms with Crippen molar-refractivity contribution in [2.45, 2.75) is 19.9 Å². The molecule has 27 heavy (non-hydrogen) atoms. The van der Waals surface area contributed by atoms with Crippen molar-refractivity contribution in [3.63, 3.8) is 0 Å². The number of ether oxygens (including phenoxy) is 2. The lowest BCUT2D eigenvalue weighted by Crippen LogP contribution is -2.08. The molecule has 0 fully saturated rings. The molecule has 1 aromatic carbocycles. The zero-order valence-corrected chi connectivity index (χ0v) is 17.6. The van der Waals surface area contributed by atoms with Crippen molar-refractivity contribution in [2.75, 3.05) is 14.2 Å². The summed E-state index contributed by atoms with van der Waals surface area (Å²) in [5.41, 5.74) is 1.76. The van der Waals surface area contributed by atoms with Gasteiger partial charge in [0, 0.05) is 17.8 Å². The quantitative estimate of drug-likeness (QED) is 0.462. The summed E-state index contributed by atoms with van der Waals surface area (Å²) in [7, 11) is 3.23. The normalized spacial score (nSPS) is 12.5. The SMILES string of the molecule is COc1cc(OC)cc(-c2nnc3sc([C@H](C)n4cc(Br)c(C)n4)nn23)c1. The molecular weight excluding hydrogens is 432 g/mol. The van der Waals surface area contributed by atoms with Crippen LogP contribution < -0.4 is 9.47 Å². The van der Waals surface area contributed by atoms with Crippen LogP contribution in [-0.2, 0) is 0 Å². The molecular formula is C17H17BrN6O2S.